The Hall–Kier alpha value is -1.65. The summed E-state index contributed by atoms with van der Waals surface area (Å²) in [6, 6.07) is 9.70. The van der Waals surface area contributed by atoms with Gasteiger partial charge in [0.15, 0.2) is 0 Å². The van der Waals surface area contributed by atoms with Crippen LogP contribution in [0.2, 0.25) is 0 Å². The van der Waals surface area contributed by atoms with Crippen LogP contribution in [0.3, 0.4) is 0 Å². The molecule has 2 rings (SSSR count). The molecule has 0 atom stereocenters. The molecule has 1 heterocycles. The van der Waals surface area contributed by atoms with Gasteiger partial charge in [0.05, 0.1) is 0 Å². The number of hydrogen-bond donors (Lipinski definition) is 2. The van der Waals surface area contributed by atoms with Crippen molar-refractivity contribution in [1.82, 2.24) is 10.6 Å². The number of nitrogens with one attached hydrogen (secondary N) is 2. The van der Waals surface area contributed by atoms with Crippen molar-refractivity contribution in [2.24, 2.45) is 0 Å². The van der Waals surface area contributed by atoms with Gasteiger partial charge in [0.1, 0.15) is 0 Å². The molecule has 2 aromatic rings. The third kappa shape index (κ3) is 4.50. The molecule has 0 bridgehead atoms. The summed E-state index contributed by atoms with van der Waals surface area (Å²) in [7, 11) is 0. The van der Waals surface area contributed by atoms with E-state index in [1.165, 1.54) is 5.56 Å². The highest BCUT2D eigenvalue weighted by Crippen LogP contribution is 2.04. The van der Waals surface area contributed by atoms with E-state index in [1.807, 2.05) is 31.2 Å². The van der Waals surface area contributed by atoms with E-state index in [-0.39, 0.29) is 5.91 Å². The fraction of sp³-hybridized carbons (Fsp3) is 0.267. The number of amides is 1. The normalized spacial score (nSPS) is 10.4. The summed E-state index contributed by atoms with van der Waals surface area (Å²) in [4.78, 5) is 11.8. The Bertz CT molecular complexity index is 505. The molecule has 1 amide bonds. The summed E-state index contributed by atoms with van der Waals surface area (Å²) in [6.07, 6.45) is 0. The smallest absolute Gasteiger partial charge is 0.251 e. The summed E-state index contributed by atoms with van der Waals surface area (Å²) in [5, 5.41) is 10.4. The number of carbonyl (C=O) groups is 1. The van der Waals surface area contributed by atoms with Crippen LogP contribution in [-0.4, -0.2) is 19.0 Å². The highest BCUT2D eigenvalue weighted by molar-refractivity contribution is 7.07. The molecule has 1 aromatic carbocycles. The van der Waals surface area contributed by atoms with Crippen molar-refractivity contribution in [3.63, 3.8) is 0 Å². The van der Waals surface area contributed by atoms with Crippen LogP contribution in [0.25, 0.3) is 0 Å². The molecule has 0 fully saturated rings. The average Bonchev–Trinajstić information content (AvgIpc) is 2.92. The average molecular weight is 274 g/mol. The third-order valence-corrected chi connectivity index (χ3v) is 3.54. The predicted molar refractivity (Wildman–Crippen MR) is 79.5 cm³/mol. The number of carbonyl (C=O) groups excluding carboxylic acids is 1. The number of hydrogen-bond acceptors (Lipinski definition) is 3. The molecule has 0 spiro atoms. The summed E-state index contributed by atoms with van der Waals surface area (Å²) in [5.41, 5.74) is 3.16. The van der Waals surface area contributed by atoms with Gasteiger partial charge in [0.25, 0.3) is 5.91 Å². The Kier molecular flexibility index (Phi) is 5.12. The van der Waals surface area contributed by atoms with Gasteiger partial charge in [-0.2, -0.15) is 11.3 Å². The van der Waals surface area contributed by atoms with Gasteiger partial charge in [-0.05, 0) is 41.4 Å². The SMILES string of the molecule is Cc1ccc(C(=O)NCCNCc2ccsc2)cc1. The second kappa shape index (κ2) is 7.07. The van der Waals surface area contributed by atoms with Crippen molar-refractivity contribution in [1.29, 1.82) is 0 Å². The van der Waals surface area contributed by atoms with Gasteiger partial charge in [-0.3, -0.25) is 4.79 Å². The molecule has 0 saturated carbocycles. The first-order chi connectivity index (χ1) is 9.25. The van der Waals surface area contributed by atoms with E-state index in [0.29, 0.717) is 12.1 Å². The van der Waals surface area contributed by atoms with Gasteiger partial charge in [0.2, 0.25) is 0 Å². The van der Waals surface area contributed by atoms with Gasteiger partial charge >= 0.3 is 0 Å². The third-order valence-electron chi connectivity index (χ3n) is 2.81. The van der Waals surface area contributed by atoms with Crippen LogP contribution >= 0.6 is 11.3 Å². The first kappa shape index (κ1) is 13.8. The topological polar surface area (TPSA) is 41.1 Å². The van der Waals surface area contributed by atoms with E-state index < -0.39 is 0 Å². The van der Waals surface area contributed by atoms with Crippen LogP contribution in [0.15, 0.2) is 41.1 Å². The zero-order valence-corrected chi connectivity index (χ0v) is 11.8. The van der Waals surface area contributed by atoms with Crippen LogP contribution in [-0.2, 0) is 6.54 Å². The number of benzene rings is 1. The lowest BCUT2D eigenvalue weighted by Crippen LogP contribution is -2.31. The summed E-state index contributed by atoms with van der Waals surface area (Å²) >= 11 is 1.70. The molecule has 0 aliphatic carbocycles. The first-order valence-electron chi connectivity index (χ1n) is 6.32. The maximum atomic E-state index is 11.8. The minimum Gasteiger partial charge on any atom is -0.351 e. The molecule has 0 saturated heterocycles. The van der Waals surface area contributed by atoms with E-state index in [4.69, 9.17) is 0 Å². The van der Waals surface area contributed by atoms with E-state index >= 15 is 0 Å². The van der Waals surface area contributed by atoms with E-state index in [9.17, 15) is 4.79 Å². The van der Waals surface area contributed by atoms with E-state index in [0.717, 1.165) is 18.7 Å². The lowest BCUT2D eigenvalue weighted by molar-refractivity contribution is 0.0954. The van der Waals surface area contributed by atoms with Gasteiger partial charge in [0, 0.05) is 25.2 Å². The molecule has 0 unspecified atom stereocenters. The number of thiophene rings is 1. The standard InChI is InChI=1S/C15H18N2OS/c1-12-2-4-14(5-3-12)15(18)17-8-7-16-10-13-6-9-19-11-13/h2-6,9,11,16H,7-8,10H2,1H3,(H,17,18). The Morgan fingerprint density at radius 2 is 1.95 bits per heavy atom. The fourth-order valence-electron chi connectivity index (χ4n) is 1.70. The second-order valence-corrected chi connectivity index (χ2v) is 5.21. The highest BCUT2D eigenvalue weighted by Gasteiger charge is 2.03. The summed E-state index contributed by atoms with van der Waals surface area (Å²) < 4.78 is 0. The van der Waals surface area contributed by atoms with Crippen LogP contribution in [0.5, 0.6) is 0 Å². The molecule has 1 aromatic heterocycles. The first-order valence-corrected chi connectivity index (χ1v) is 7.26. The van der Waals surface area contributed by atoms with Crippen molar-refractivity contribution in [3.05, 3.63) is 57.8 Å². The molecule has 0 aliphatic rings. The van der Waals surface area contributed by atoms with Crippen molar-refractivity contribution in [2.75, 3.05) is 13.1 Å². The number of rotatable bonds is 6. The molecular weight excluding hydrogens is 256 g/mol. The van der Waals surface area contributed by atoms with Crippen molar-refractivity contribution in [3.8, 4) is 0 Å². The summed E-state index contributed by atoms with van der Waals surface area (Å²) in [6.45, 7) is 4.27. The van der Waals surface area contributed by atoms with Gasteiger partial charge in [-0.1, -0.05) is 17.7 Å². The van der Waals surface area contributed by atoms with Crippen molar-refractivity contribution in [2.45, 2.75) is 13.5 Å². The monoisotopic (exact) mass is 274 g/mol. The Morgan fingerprint density at radius 1 is 1.16 bits per heavy atom. The zero-order valence-electron chi connectivity index (χ0n) is 11.0. The Labute approximate surface area is 117 Å². The zero-order chi connectivity index (χ0) is 13.5. The second-order valence-electron chi connectivity index (χ2n) is 4.43. The molecular formula is C15H18N2OS. The largest absolute Gasteiger partial charge is 0.351 e. The van der Waals surface area contributed by atoms with Crippen molar-refractivity contribution < 1.29 is 4.79 Å². The molecule has 3 nitrogen and oxygen atoms in total. The van der Waals surface area contributed by atoms with Crippen molar-refractivity contribution >= 4 is 17.2 Å². The quantitative estimate of drug-likeness (QED) is 0.795. The molecule has 0 radical (unpaired) electrons. The highest BCUT2D eigenvalue weighted by atomic mass is 32.1. The molecule has 100 valence electrons. The molecule has 4 heteroatoms. The lowest BCUT2D eigenvalue weighted by Gasteiger charge is -2.06. The fourth-order valence-corrected chi connectivity index (χ4v) is 2.37. The van der Waals surface area contributed by atoms with E-state index in [2.05, 4.69) is 27.5 Å². The molecule has 19 heavy (non-hydrogen) atoms. The van der Waals surface area contributed by atoms with Gasteiger partial charge < -0.3 is 10.6 Å². The van der Waals surface area contributed by atoms with Gasteiger partial charge in [-0.15, -0.1) is 0 Å². The minimum absolute atomic E-state index is 0.0164. The van der Waals surface area contributed by atoms with Crippen LogP contribution < -0.4 is 10.6 Å². The van der Waals surface area contributed by atoms with Crippen LogP contribution in [0.1, 0.15) is 21.5 Å². The maximum absolute atomic E-state index is 11.8. The number of aryl methyl sites for hydroxylation is 1. The predicted octanol–water partition coefficient (Wildman–Crippen LogP) is 2.58. The molecule has 2 N–H and O–H groups in total. The minimum atomic E-state index is -0.0164. The Balaban J connectivity index is 1.65. The lowest BCUT2D eigenvalue weighted by atomic mass is 10.1. The maximum Gasteiger partial charge on any atom is 0.251 e. The van der Waals surface area contributed by atoms with E-state index in [1.54, 1.807) is 11.3 Å². The molecule has 0 aliphatic heterocycles. The summed E-state index contributed by atoms with van der Waals surface area (Å²) in [5.74, 6) is -0.0164. The van der Waals surface area contributed by atoms with Crippen LogP contribution in [0, 0.1) is 6.92 Å². The van der Waals surface area contributed by atoms with Gasteiger partial charge in [-0.25, -0.2) is 0 Å². The van der Waals surface area contributed by atoms with Crippen LogP contribution in [0.4, 0.5) is 0 Å². The Morgan fingerprint density at radius 3 is 2.63 bits per heavy atom.